The molecule has 0 unspecified atom stereocenters. The number of carbonyl (C=O) groups excluding carboxylic acids is 1. The number of hydrogen-bond acceptors (Lipinski definition) is 5. The van der Waals surface area contributed by atoms with Crippen LogP contribution in [0.4, 0.5) is 5.69 Å². The lowest BCUT2D eigenvalue weighted by Crippen LogP contribution is -2.24. The van der Waals surface area contributed by atoms with Gasteiger partial charge < -0.3 is 15.5 Å². The van der Waals surface area contributed by atoms with Crippen LogP contribution in [0.25, 0.3) is 0 Å². The first-order chi connectivity index (χ1) is 10.1. The lowest BCUT2D eigenvalue weighted by Gasteiger charge is -2.08. The normalized spacial score (nSPS) is 10.7. The molecule has 1 aromatic rings. The predicted molar refractivity (Wildman–Crippen MR) is 77.8 cm³/mol. The van der Waals surface area contributed by atoms with Crippen molar-refractivity contribution >= 4 is 33.4 Å². The van der Waals surface area contributed by atoms with Crippen molar-refractivity contribution in [3.8, 4) is 0 Å². The van der Waals surface area contributed by atoms with Crippen LogP contribution in [0.1, 0.15) is 20.7 Å². The molecule has 3 N–H and O–H groups in total. The van der Waals surface area contributed by atoms with Gasteiger partial charge in [0.25, 0.3) is 0 Å². The Bertz CT molecular complexity index is 705. The minimum Gasteiger partial charge on any atom is -0.478 e. The van der Waals surface area contributed by atoms with E-state index in [2.05, 4.69) is 11.9 Å². The monoisotopic (exact) mass is 327 g/mol. The van der Waals surface area contributed by atoms with Gasteiger partial charge in [0, 0.05) is 5.69 Å². The van der Waals surface area contributed by atoms with Crippen molar-refractivity contribution in [2.24, 2.45) is 0 Å². The van der Waals surface area contributed by atoms with E-state index in [-0.39, 0.29) is 22.6 Å². The summed E-state index contributed by atoms with van der Waals surface area (Å²) in [5, 5.41) is 20.0. The summed E-state index contributed by atoms with van der Waals surface area (Å²) in [6, 6.07) is 2.99. The fraction of sp³-hybridized carbons (Fsp3) is 0.154. The fourth-order valence-corrected chi connectivity index (χ4v) is 2.53. The molecular formula is C13H13NO7S. The molecule has 1 rings (SSSR count). The molecule has 0 bridgehead atoms. The Labute approximate surface area is 126 Å². The van der Waals surface area contributed by atoms with E-state index in [0.717, 1.165) is 24.3 Å². The van der Waals surface area contributed by atoms with Crippen molar-refractivity contribution in [1.82, 2.24) is 0 Å². The zero-order valence-corrected chi connectivity index (χ0v) is 12.1. The van der Waals surface area contributed by atoms with Gasteiger partial charge in [-0.3, -0.25) is 4.79 Å². The van der Waals surface area contributed by atoms with Crippen molar-refractivity contribution in [2.75, 3.05) is 16.8 Å². The molecule has 0 aliphatic carbocycles. The highest BCUT2D eigenvalue weighted by Crippen LogP contribution is 2.16. The van der Waals surface area contributed by atoms with Crippen LogP contribution in [0.3, 0.4) is 0 Å². The van der Waals surface area contributed by atoms with Gasteiger partial charge in [0.2, 0.25) is 5.91 Å². The Morgan fingerprint density at radius 3 is 2.00 bits per heavy atom. The number of sulfone groups is 1. The average Bonchev–Trinajstić information content (AvgIpc) is 2.36. The summed E-state index contributed by atoms with van der Waals surface area (Å²) >= 11 is 0. The van der Waals surface area contributed by atoms with Crippen LogP contribution in [0.15, 0.2) is 30.9 Å². The number of carbonyl (C=O) groups is 3. The number of carboxylic acids is 2. The molecule has 0 saturated heterocycles. The molecule has 1 amide bonds. The zero-order chi connectivity index (χ0) is 16.9. The average molecular weight is 327 g/mol. The second-order valence-electron chi connectivity index (χ2n) is 4.30. The first-order valence-electron chi connectivity index (χ1n) is 5.87. The van der Waals surface area contributed by atoms with E-state index in [1.807, 2.05) is 0 Å². The van der Waals surface area contributed by atoms with E-state index in [4.69, 9.17) is 10.2 Å². The van der Waals surface area contributed by atoms with Gasteiger partial charge in [-0.15, -0.1) is 6.58 Å². The second kappa shape index (κ2) is 6.85. The van der Waals surface area contributed by atoms with Crippen LogP contribution in [0.2, 0.25) is 0 Å². The van der Waals surface area contributed by atoms with Gasteiger partial charge in [0.15, 0.2) is 9.84 Å². The van der Waals surface area contributed by atoms with Crippen molar-refractivity contribution in [3.63, 3.8) is 0 Å². The van der Waals surface area contributed by atoms with E-state index < -0.39 is 33.4 Å². The smallest absolute Gasteiger partial charge is 0.335 e. The number of rotatable bonds is 7. The van der Waals surface area contributed by atoms with Gasteiger partial charge in [0.05, 0.1) is 16.9 Å². The molecular weight excluding hydrogens is 314 g/mol. The molecule has 1 aromatic carbocycles. The van der Waals surface area contributed by atoms with Gasteiger partial charge in [0.1, 0.15) is 5.75 Å². The third-order valence-corrected chi connectivity index (χ3v) is 3.88. The molecule has 118 valence electrons. The molecule has 0 fully saturated rings. The summed E-state index contributed by atoms with van der Waals surface area (Å²) in [7, 11) is -3.67. The van der Waals surface area contributed by atoms with Crippen molar-refractivity contribution in [3.05, 3.63) is 42.0 Å². The summed E-state index contributed by atoms with van der Waals surface area (Å²) in [6.45, 7) is 3.26. The molecule has 0 heterocycles. The van der Waals surface area contributed by atoms with Crippen LogP contribution in [-0.2, 0) is 14.6 Å². The van der Waals surface area contributed by atoms with Crippen LogP contribution in [0.5, 0.6) is 0 Å². The second-order valence-corrected chi connectivity index (χ2v) is 6.41. The number of benzene rings is 1. The minimum atomic E-state index is -3.67. The molecule has 0 aromatic heterocycles. The van der Waals surface area contributed by atoms with Crippen molar-refractivity contribution < 1.29 is 33.0 Å². The number of aromatic carboxylic acids is 2. The van der Waals surface area contributed by atoms with E-state index in [1.54, 1.807) is 0 Å². The van der Waals surface area contributed by atoms with Gasteiger partial charge in [-0.05, 0) is 18.2 Å². The molecule has 22 heavy (non-hydrogen) atoms. The molecule has 0 aliphatic rings. The summed E-state index contributed by atoms with van der Waals surface area (Å²) in [4.78, 5) is 33.5. The highest BCUT2D eigenvalue weighted by molar-refractivity contribution is 7.92. The first-order valence-corrected chi connectivity index (χ1v) is 7.69. The van der Waals surface area contributed by atoms with Crippen LogP contribution < -0.4 is 5.32 Å². The summed E-state index contributed by atoms with van der Waals surface area (Å²) in [5.41, 5.74) is -0.801. The van der Waals surface area contributed by atoms with Gasteiger partial charge >= 0.3 is 11.9 Å². The van der Waals surface area contributed by atoms with E-state index in [0.29, 0.717) is 0 Å². The molecule has 0 saturated carbocycles. The van der Waals surface area contributed by atoms with E-state index in [1.165, 1.54) is 0 Å². The quantitative estimate of drug-likeness (QED) is 0.624. The molecule has 0 spiro atoms. The minimum absolute atomic E-state index is 0.115. The Hall–Kier alpha value is -2.68. The van der Waals surface area contributed by atoms with E-state index >= 15 is 0 Å². The van der Waals surface area contributed by atoms with Gasteiger partial charge in [-0.1, -0.05) is 6.08 Å². The topological polar surface area (TPSA) is 138 Å². The van der Waals surface area contributed by atoms with Crippen LogP contribution >= 0.6 is 0 Å². The van der Waals surface area contributed by atoms with Gasteiger partial charge in [-0.2, -0.15) is 0 Å². The fourth-order valence-electron chi connectivity index (χ4n) is 1.58. The van der Waals surface area contributed by atoms with Crippen LogP contribution in [0, 0.1) is 0 Å². The number of hydrogen-bond donors (Lipinski definition) is 3. The predicted octanol–water partition coefficient (Wildman–Crippen LogP) is 0.622. The highest BCUT2D eigenvalue weighted by Gasteiger charge is 2.17. The standard InChI is InChI=1S/C13H13NO7S/c1-2-3-22(20,21)7-11(15)14-10-5-8(12(16)17)4-9(6-10)13(18)19/h2,4-6H,1,3,7H2,(H,14,15)(H,16,17)(H,18,19). The lowest BCUT2D eigenvalue weighted by atomic mass is 10.1. The molecule has 0 atom stereocenters. The molecule has 0 aliphatic heterocycles. The summed E-state index contributed by atoms with van der Waals surface area (Å²) in [5.74, 6) is -4.86. The lowest BCUT2D eigenvalue weighted by molar-refractivity contribution is -0.113. The van der Waals surface area contributed by atoms with Crippen molar-refractivity contribution in [1.29, 1.82) is 0 Å². The highest BCUT2D eigenvalue weighted by atomic mass is 32.2. The summed E-state index contributed by atoms with van der Waals surface area (Å²) in [6.07, 6.45) is 1.14. The Kier molecular flexibility index (Phi) is 5.41. The number of amides is 1. The molecule has 8 nitrogen and oxygen atoms in total. The number of anilines is 1. The third-order valence-electron chi connectivity index (χ3n) is 2.43. The third kappa shape index (κ3) is 5.02. The van der Waals surface area contributed by atoms with Gasteiger partial charge in [-0.25, -0.2) is 18.0 Å². The van der Waals surface area contributed by atoms with E-state index in [9.17, 15) is 22.8 Å². The summed E-state index contributed by atoms with van der Waals surface area (Å²) < 4.78 is 22.9. The SMILES string of the molecule is C=CCS(=O)(=O)CC(=O)Nc1cc(C(=O)O)cc(C(=O)O)c1. The first kappa shape index (κ1) is 17.4. The maximum Gasteiger partial charge on any atom is 0.335 e. The Morgan fingerprint density at radius 1 is 1.09 bits per heavy atom. The largest absolute Gasteiger partial charge is 0.478 e. The maximum absolute atomic E-state index is 11.6. The van der Waals surface area contributed by atoms with Crippen molar-refractivity contribution in [2.45, 2.75) is 0 Å². The molecule has 9 heteroatoms. The zero-order valence-electron chi connectivity index (χ0n) is 11.3. The molecule has 0 radical (unpaired) electrons. The Morgan fingerprint density at radius 2 is 1.59 bits per heavy atom. The van der Waals surface area contributed by atoms with Crippen LogP contribution in [-0.4, -0.2) is 48.0 Å². The number of nitrogens with one attached hydrogen (secondary N) is 1. The Balaban J connectivity index is 3.02. The maximum atomic E-state index is 11.6. The number of carboxylic acid groups (broad SMARTS) is 2.